The van der Waals surface area contributed by atoms with Gasteiger partial charge in [-0.1, -0.05) is 20.8 Å². The summed E-state index contributed by atoms with van der Waals surface area (Å²) in [6, 6.07) is 0. The van der Waals surface area contributed by atoms with Crippen LogP contribution in [0.25, 0.3) is 11.0 Å². The number of H-pyrrole nitrogens is 1. The average Bonchev–Trinajstić information content (AvgIpc) is 3.12. The molecular formula is C17H27FN3O7PSi. The minimum absolute atomic E-state index is 0.0395. The van der Waals surface area contributed by atoms with Gasteiger partial charge in [-0.25, -0.2) is 9.37 Å². The van der Waals surface area contributed by atoms with E-state index in [2.05, 4.69) is 9.97 Å². The molecule has 0 saturated carbocycles. The number of ether oxygens (including phenoxy) is 1. The van der Waals surface area contributed by atoms with Gasteiger partial charge in [-0.3, -0.25) is 4.79 Å². The van der Waals surface area contributed by atoms with Crippen LogP contribution in [0.15, 0.2) is 17.3 Å². The normalized spacial score (nSPS) is 25.5. The average molecular weight is 463 g/mol. The molecule has 1 saturated heterocycles. The third kappa shape index (κ3) is 4.23. The Balaban J connectivity index is 2.12. The fourth-order valence-corrected chi connectivity index (χ4v) is 4.96. The molecular weight excluding hydrogens is 436 g/mol. The van der Waals surface area contributed by atoms with Crippen molar-refractivity contribution in [3.05, 3.63) is 28.7 Å². The molecule has 1 fully saturated rings. The standard InChI is InChI=1S/C17H27FN3O7PSi/c1-17(2,3)30(4,5)28-13-12(27-29(24)25)10(7-22)26-16(13)21-6-9(18)11-14(21)19-8-20-15(11)23/h6,8,10,12-13,16,22,24-25H,7H2,1-5H3,(H,19,20,23)/t10-,12-,13-,16-/m1/s1. The second-order valence-electron chi connectivity index (χ2n) is 8.73. The van der Waals surface area contributed by atoms with Crippen LogP contribution in [0.4, 0.5) is 4.39 Å². The van der Waals surface area contributed by atoms with Crippen LogP contribution in [0, 0.1) is 5.82 Å². The molecule has 0 radical (unpaired) electrons. The number of fused-ring (bicyclic) bond motifs is 1. The van der Waals surface area contributed by atoms with Crippen molar-refractivity contribution in [2.75, 3.05) is 6.61 Å². The van der Waals surface area contributed by atoms with Crippen molar-refractivity contribution in [2.45, 2.75) is 63.4 Å². The molecule has 1 aliphatic rings. The molecule has 4 atom stereocenters. The van der Waals surface area contributed by atoms with Crippen molar-refractivity contribution in [3.63, 3.8) is 0 Å². The molecule has 0 spiro atoms. The summed E-state index contributed by atoms with van der Waals surface area (Å²) in [6.07, 6.45) is -1.69. The van der Waals surface area contributed by atoms with Crippen molar-refractivity contribution < 1.29 is 33.0 Å². The number of aliphatic hydroxyl groups excluding tert-OH is 1. The number of aromatic nitrogens is 3. The Labute approximate surface area is 174 Å². The summed E-state index contributed by atoms with van der Waals surface area (Å²) in [4.78, 5) is 37.4. The van der Waals surface area contributed by atoms with Crippen LogP contribution in [-0.2, 0) is 13.7 Å². The molecule has 0 unspecified atom stereocenters. The lowest BCUT2D eigenvalue weighted by Gasteiger charge is -2.40. The highest BCUT2D eigenvalue weighted by Crippen LogP contribution is 2.45. The Bertz CT molecular complexity index is 961. The van der Waals surface area contributed by atoms with Gasteiger partial charge in [0, 0.05) is 6.20 Å². The molecule has 0 amide bonds. The second kappa shape index (κ2) is 8.36. The van der Waals surface area contributed by atoms with Gasteiger partial charge >= 0.3 is 8.60 Å². The van der Waals surface area contributed by atoms with Gasteiger partial charge in [0.2, 0.25) is 0 Å². The summed E-state index contributed by atoms with van der Waals surface area (Å²) < 4.78 is 33.5. The smallest absolute Gasteiger partial charge is 0.327 e. The molecule has 0 bridgehead atoms. The van der Waals surface area contributed by atoms with Crippen LogP contribution >= 0.6 is 8.60 Å². The van der Waals surface area contributed by atoms with Gasteiger partial charge in [-0.2, -0.15) is 0 Å². The van der Waals surface area contributed by atoms with E-state index in [1.54, 1.807) is 0 Å². The van der Waals surface area contributed by atoms with E-state index in [0.29, 0.717) is 0 Å². The molecule has 0 aromatic carbocycles. The van der Waals surface area contributed by atoms with E-state index in [9.17, 15) is 24.1 Å². The number of rotatable bonds is 6. The molecule has 2 aromatic rings. The van der Waals surface area contributed by atoms with Crippen molar-refractivity contribution >= 4 is 28.0 Å². The predicted octanol–water partition coefficient (Wildman–Crippen LogP) is 1.74. The summed E-state index contributed by atoms with van der Waals surface area (Å²) in [5.41, 5.74) is -0.602. The zero-order chi connectivity index (χ0) is 22.4. The highest BCUT2D eigenvalue weighted by Gasteiger charge is 2.52. The minimum atomic E-state index is -2.77. The van der Waals surface area contributed by atoms with Crippen molar-refractivity contribution in [2.24, 2.45) is 0 Å². The van der Waals surface area contributed by atoms with Gasteiger partial charge in [-0.05, 0) is 18.1 Å². The number of hydrogen-bond donors (Lipinski definition) is 4. The molecule has 0 aliphatic carbocycles. The fourth-order valence-electron chi connectivity index (χ4n) is 3.20. The van der Waals surface area contributed by atoms with E-state index in [1.807, 2.05) is 33.9 Å². The molecule has 30 heavy (non-hydrogen) atoms. The van der Waals surface area contributed by atoms with Gasteiger partial charge in [0.05, 0.1) is 12.9 Å². The van der Waals surface area contributed by atoms with Crippen LogP contribution in [0.1, 0.15) is 27.0 Å². The van der Waals surface area contributed by atoms with Crippen molar-refractivity contribution in [3.8, 4) is 0 Å². The fraction of sp³-hybridized carbons (Fsp3) is 0.647. The minimum Gasteiger partial charge on any atom is -0.407 e. The van der Waals surface area contributed by atoms with Crippen LogP contribution in [0.2, 0.25) is 18.1 Å². The third-order valence-electron chi connectivity index (χ3n) is 5.76. The summed E-state index contributed by atoms with van der Waals surface area (Å²) in [5.74, 6) is -0.787. The van der Waals surface area contributed by atoms with Crippen LogP contribution < -0.4 is 5.56 Å². The van der Waals surface area contributed by atoms with Crippen LogP contribution in [-0.4, -0.2) is 62.7 Å². The van der Waals surface area contributed by atoms with Gasteiger partial charge in [-0.15, -0.1) is 0 Å². The Morgan fingerprint density at radius 2 is 2.03 bits per heavy atom. The predicted molar refractivity (Wildman–Crippen MR) is 110 cm³/mol. The lowest BCUT2D eigenvalue weighted by Crippen LogP contribution is -2.49. The molecule has 3 rings (SSSR count). The van der Waals surface area contributed by atoms with Gasteiger partial charge in [0.15, 0.2) is 26.0 Å². The monoisotopic (exact) mass is 463 g/mol. The maximum absolute atomic E-state index is 14.5. The quantitative estimate of drug-likeness (QED) is 0.375. The lowest BCUT2D eigenvalue weighted by molar-refractivity contribution is -0.0489. The lowest BCUT2D eigenvalue weighted by atomic mass is 10.1. The Kier molecular flexibility index (Phi) is 6.53. The molecule has 3 heterocycles. The maximum Gasteiger partial charge on any atom is 0.327 e. The molecule has 1 aliphatic heterocycles. The molecule has 2 aromatic heterocycles. The zero-order valence-electron chi connectivity index (χ0n) is 17.4. The topological polar surface area (TPSA) is 139 Å². The van der Waals surface area contributed by atoms with Crippen molar-refractivity contribution in [1.82, 2.24) is 14.5 Å². The maximum atomic E-state index is 14.5. The first-order chi connectivity index (χ1) is 13.9. The number of hydrogen-bond acceptors (Lipinski definition) is 8. The van der Waals surface area contributed by atoms with Gasteiger partial charge in [0.1, 0.15) is 23.7 Å². The number of aliphatic hydroxyl groups is 1. The molecule has 168 valence electrons. The summed E-state index contributed by atoms with van der Waals surface area (Å²) in [6.45, 7) is 9.58. The van der Waals surface area contributed by atoms with E-state index < -0.39 is 59.4 Å². The summed E-state index contributed by atoms with van der Waals surface area (Å²) >= 11 is 0. The van der Waals surface area contributed by atoms with E-state index in [0.717, 1.165) is 12.5 Å². The molecule has 10 nitrogen and oxygen atoms in total. The van der Waals surface area contributed by atoms with Crippen molar-refractivity contribution in [1.29, 1.82) is 0 Å². The summed E-state index contributed by atoms with van der Waals surface area (Å²) in [7, 11) is -5.22. The Hall–Kier alpha value is -1.24. The highest BCUT2D eigenvalue weighted by molar-refractivity contribution is 7.39. The van der Waals surface area contributed by atoms with E-state index in [-0.39, 0.29) is 16.1 Å². The first kappa shape index (κ1) is 23.4. The first-order valence-electron chi connectivity index (χ1n) is 9.40. The van der Waals surface area contributed by atoms with Gasteiger partial charge < -0.3 is 38.1 Å². The largest absolute Gasteiger partial charge is 0.407 e. The summed E-state index contributed by atoms with van der Waals surface area (Å²) in [5, 5.41) is 9.35. The van der Waals surface area contributed by atoms with E-state index >= 15 is 0 Å². The highest BCUT2D eigenvalue weighted by atomic mass is 31.2. The number of nitrogens with one attached hydrogen (secondary N) is 1. The Morgan fingerprint density at radius 3 is 2.60 bits per heavy atom. The molecule has 4 N–H and O–H groups in total. The zero-order valence-corrected chi connectivity index (χ0v) is 19.3. The van der Waals surface area contributed by atoms with E-state index in [4.69, 9.17) is 13.7 Å². The first-order valence-corrected chi connectivity index (χ1v) is 13.5. The van der Waals surface area contributed by atoms with Crippen LogP contribution in [0.3, 0.4) is 0 Å². The number of nitrogens with zero attached hydrogens (tertiary/aromatic N) is 2. The van der Waals surface area contributed by atoms with Gasteiger partial charge in [0.25, 0.3) is 5.56 Å². The van der Waals surface area contributed by atoms with Crippen LogP contribution in [0.5, 0.6) is 0 Å². The second-order valence-corrected chi connectivity index (χ2v) is 14.2. The van der Waals surface area contributed by atoms with E-state index in [1.165, 1.54) is 4.57 Å². The number of aromatic amines is 1. The number of halogens is 1. The SMILES string of the molecule is CC(C)(C)[Si](C)(C)O[C@@H]1[C@H](OP(O)O)[C@@H](CO)O[C@H]1n1cc(F)c2c(=O)[nH]cnc21. The third-order valence-corrected chi connectivity index (χ3v) is 10.7. The Morgan fingerprint density at radius 1 is 1.37 bits per heavy atom. The molecule has 13 heteroatoms.